The van der Waals surface area contributed by atoms with E-state index >= 15 is 0 Å². The van der Waals surface area contributed by atoms with Crippen LogP contribution in [0, 0.1) is 10.2 Å². The minimum atomic E-state index is -4.69. The van der Waals surface area contributed by atoms with E-state index in [2.05, 4.69) is 0 Å². The number of quaternary nitrogens is 1. The molecule has 29 heavy (non-hydrogen) atoms. The van der Waals surface area contributed by atoms with Gasteiger partial charge in [-0.15, -0.1) is 11.8 Å². The van der Waals surface area contributed by atoms with Crippen LogP contribution in [0.3, 0.4) is 0 Å². The highest BCUT2D eigenvalue weighted by Gasteiger charge is 2.51. The molecule has 164 valence electrons. The summed E-state index contributed by atoms with van der Waals surface area (Å²) in [5, 5.41) is 9.15. The largest absolute Gasteiger partial charge is 0.477 e. The zero-order valence-electron chi connectivity index (χ0n) is 16.0. The van der Waals surface area contributed by atoms with Crippen LogP contribution in [0.25, 0.3) is 0 Å². The van der Waals surface area contributed by atoms with Crippen LogP contribution in [0.2, 0.25) is 0 Å². The van der Waals surface area contributed by atoms with E-state index in [1.54, 1.807) is 13.0 Å². The minimum absolute atomic E-state index is 0.00467. The van der Waals surface area contributed by atoms with Gasteiger partial charge in [0.2, 0.25) is 5.91 Å². The zero-order chi connectivity index (χ0) is 22.7. The quantitative estimate of drug-likeness (QED) is 0.220. The number of aliphatic carboxylic acids is 1. The third-order valence-electron chi connectivity index (χ3n) is 4.60. The van der Waals surface area contributed by atoms with Gasteiger partial charge < -0.3 is 21.1 Å². The number of thioether (sulfide) groups is 1. The summed E-state index contributed by atoms with van der Waals surface area (Å²) in [6.07, 6.45) is 3.51. The lowest BCUT2D eigenvalue weighted by molar-refractivity contribution is -1.92. The van der Waals surface area contributed by atoms with Crippen molar-refractivity contribution in [1.29, 1.82) is 0 Å². The van der Waals surface area contributed by atoms with Gasteiger partial charge in [-0.2, -0.15) is 14.0 Å². The van der Waals surface area contributed by atoms with Crippen LogP contribution in [0.4, 0.5) is 0 Å². The second-order valence-corrected chi connectivity index (χ2v) is 8.85. The van der Waals surface area contributed by atoms with Crippen LogP contribution in [-0.4, -0.2) is 80.8 Å². The average Bonchev–Trinajstić information content (AvgIpc) is 2.57. The lowest BCUT2D eigenvalue weighted by Crippen LogP contribution is -2.68. The Kier molecular flexibility index (Phi) is 8.21. The van der Waals surface area contributed by atoms with Gasteiger partial charge in [0.25, 0.3) is 5.91 Å². The number of primary amides is 1. The van der Waals surface area contributed by atoms with Crippen LogP contribution in [-0.2, 0) is 14.4 Å². The van der Waals surface area contributed by atoms with E-state index in [0.29, 0.717) is 22.4 Å². The molecule has 3 atom stereocenters. The maximum Gasteiger partial charge on any atom is 0.352 e. The summed E-state index contributed by atoms with van der Waals surface area (Å²) in [6, 6.07) is -1.01. The van der Waals surface area contributed by atoms with Gasteiger partial charge in [-0.05, 0) is 18.6 Å². The van der Waals surface area contributed by atoms with Crippen LogP contribution in [0.15, 0.2) is 23.4 Å². The van der Waals surface area contributed by atoms with E-state index in [9.17, 15) is 19.5 Å². The molecule has 0 spiro atoms. The number of rotatable bonds is 6. The number of carbonyl (C=O) groups excluding carboxylic acids is 2. The molecule has 14 heteroatoms. The maximum atomic E-state index is 11.9. The molecule has 0 aliphatic carbocycles. The Hall–Kier alpha value is -1.71. The molecule has 0 aromatic rings. The molecule has 0 saturated carbocycles. The highest BCUT2D eigenvalue weighted by Crippen LogP contribution is 2.39. The maximum absolute atomic E-state index is 11.9. The van der Waals surface area contributed by atoms with Crippen molar-refractivity contribution in [3.8, 4) is 0 Å². The number of β-lactam (4-membered cyclic amide) rings is 1. The second kappa shape index (κ2) is 9.40. The number of allylic oxidation sites excluding steroid dienone is 1. The molecule has 2 heterocycles. The molecule has 1 saturated heterocycles. The number of halogens is 1. The molecule has 2 rings (SSSR count). The van der Waals surface area contributed by atoms with Gasteiger partial charge in [0.05, 0.1) is 35.5 Å². The number of amides is 2. The number of carboxylic acid groups (broad SMARTS) is 1. The van der Waals surface area contributed by atoms with Crippen molar-refractivity contribution in [3.05, 3.63) is 23.4 Å². The summed E-state index contributed by atoms with van der Waals surface area (Å²) in [5.41, 5.74) is 11.6. The monoisotopic (exact) mass is 455 g/mol. The van der Waals surface area contributed by atoms with Crippen LogP contribution < -0.4 is 25.4 Å². The Morgan fingerprint density at radius 3 is 2.38 bits per heavy atom. The van der Waals surface area contributed by atoms with Gasteiger partial charge in [-0.25, -0.2) is 4.79 Å². The van der Waals surface area contributed by atoms with E-state index in [4.69, 9.17) is 30.1 Å². The first-order valence-corrected chi connectivity index (χ1v) is 10.5. The van der Waals surface area contributed by atoms with Gasteiger partial charge in [-0.1, -0.05) is 6.08 Å². The van der Waals surface area contributed by atoms with Crippen molar-refractivity contribution < 1.29 is 52.9 Å². The molecule has 6 N–H and O–H groups in total. The van der Waals surface area contributed by atoms with Gasteiger partial charge >= 0.3 is 5.97 Å². The fourth-order valence-electron chi connectivity index (χ4n) is 2.64. The van der Waals surface area contributed by atoms with E-state index in [1.807, 2.05) is 20.2 Å². The highest BCUT2D eigenvalue weighted by molar-refractivity contribution is 8.00. The number of hydrogen-bond donors (Lipinski definition) is 4. The predicted octanol–water partition coefficient (Wildman–Crippen LogP) is -5.05. The standard InChI is InChI=1S/C15H22N4O4S.ClHO4/c1-8(12(17)20)19(2,3)6-4-5-9-7-24-14-10(16)13(21)18(14)11(9)15(22)23;2-1(3,4)5/h4-5,8,10,14H,6-7,16H2,1-3H3,(H2-,17,20,22,23);(H,2,3,4,5)/p+1/b5-4+;/t8-,10-,14-;/m1./s1. The summed E-state index contributed by atoms with van der Waals surface area (Å²) in [6.45, 7) is 2.25. The fourth-order valence-corrected chi connectivity index (χ4v) is 3.90. The van der Waals surface area contributed by atoms with Crippen molar-refractivity contribution in [1.82, 2.24) is 4.90 Å². The Morgan fingerprint density at radius 2 is 1.93 bits per heavy atom. The van der Waals surface area contributed by atoms with Crippen molar-refractivity contribution in [2.24, 2.45) is 11.5 Å². The molecule has 0 aromatic carbocycles. The Bertz CT molecular complexity index is 730. The van der Waals surface area contributed by atoms with Gasteiger partial charge in [0.15, 0.2) is 6.04 Å². The van der Waals surface area contributed by atoms with E-state index in [1.165, 1.54) is 16.7 Å². The third-order valence-corrected chi connectivity index (χ3v) is 5.92. The molecule has 0 unspecified atom stereocenters. The Labute approximate surface area is 173 Å². The summed E-state index contributed by atoms with van der Waals surface area (Å²) in [4.78, 5) is 36.0. The summed E-state index contributed by atoms with van der Waals surface area (Å²) in [7, 11) is -0.953. The van der Waals surface area contributed by atoms with Crippen LogP contribution >= 0.6 is 11.8 Å². The second-order valence-electron chi connectivity index (χ2n) is 6.95. The number of nitrogens with two attached hydrogens (primary N) is 2. The molecule has 2 aliphatic heterocycles. The fraction of sp³-hybridized carbons (Fsp3) is 0.533. The first-order valence-electron chi connectivity index (χ1n) is 8.16. The van der Waals surface area contributed by atoms with E-state index < -0.39 is 28.2 Å². The van der Waals surface area contributed by atoms with E-state index in [-0.39, 0.29) is 23.0 Å². The molecule has 1 fully saturated rings. The lowest BCUT2D eigenvalue weighted by atomic mass is 10.0. The number of carboxylic acids is 1. The number of carbonyl (C=O) groups is 3. The van der Waals surface area contributed by atoms with Gasteiger partial charge in [0, 0.05) is 5.75 Å². The molecule has 12 nitrogen and oxygen atoms in total. The topological polar surface area (TPSA) is 216 Å². The van der Waals surface area contributed by atoms with Crippen molar-refractivity contribution >= 4 is 29.5 Å². The first kappa shape index (κ1) is 25.3. The normalized spacial score (nSPS) is 23.2. The van der Waals surface area contributed by atoms with Crippen molar-refractivity contribution in [2.75, 3.05) is 26.4 Å². The molecular formula is C15H24ClN4O8S+. The van der Waals surface area contributed by atoms with Crippen LogP contribution in [0.5, 0.6) is 0 Å². The average molecular weight is 456 g/mol. The lowest BCUT2D eigenvalue weighted by Gasteiger charge is -2.47. The minimum Gasteiger partial charge on any atom is -0.477 e. The molecular weight excluding hydrogens is 432 g/mol. The number of likely N-dealkylation sites (N-methyl/N-ethyl adjacent to an activating group) is 1. The van der Waals surface area contributed by atoms with Crippen molar-refractivity contribution in [2.45, 2.75) is 24.4 Å². The Balaban J connectivity index is 0.000000749. The molecule has 0 aromatic heterocycles. The first-order chi connectivity index (χ1) is 13.1. The van der Waals surface area contributed by atoms with Crippen molar-refractivity contribution in [3.63, 3.8) is 0 Å². The Morgan fingerprint density at radius 1 is 1.41 bits per heavy atom. The predicted molar refractivity (Wildman–Crippen MR) is 92.7 cm³/mol. The van der Waals surface area contributed by atoms with E-state index in [0.717, 1.165) is 0 Å². The SMILES string of the molecule is C[C@H](C(N)=O)[N+](C)(C)C/C=C/C1=C(C(=O)O)N2C(=O)[C@@H](N)[C@H]2SC1.[O-][Cl+3]([O-])([O-])O. The number of nitrogens with zero attached hydrogens (tertiary/aromatic N) is 2. The smallest absolute Gasteiger partial charge is 0.352 e. The molecule has 2 aliphatic rings. The summed E-state index contributed by atoms with van der Waals surface area (Å²) >= 11 is 1.45. The summed E-state index contributed by atoms with van der Waals surface area (Å²) < 4.78 is 33.1. The zero-order valence-corrected chi connectivity index (χ0v) is 17.6. The molecule has 0 bridgehead atoms. The number of fused-ring (bicyclic) bond motifs is 1. The van der Waals surface area contributed by atoms with Gasteiger partial charge in [0.1, 0.15) is 17.1 Å². The summed E-state index contributed by atoms with van der Waals surface area (Å²) in [5.74, 6) is -1.43. The molecule has 0 radical (unpaired) electrons. The number of hydrogen-bond acceptors (Lipinski definition) is 9. The molecule has 2 amide bonds. The highest BCUT2D eigenvalue weighted by atomic mass is 35.7. The third kappa shape index (κ3) is 6.65. The van der Waals surface area contributed by atoms with Crippen LogP contribution in [0.1, 0.15) is 6.92 Å². The van der Waals surface area contributed by atoms with Gasteiger partial charge in [-0.3, -0.25) is 14.5 Å².